The Bertz CT molecular complexity index is 816. The summed E-state index contributed by atoms with van der Waals surface area (Å²) in [6.45, 7) is 0. The highest BCUT2D eigenvalue weighted by atomic mass is 16.6. The van der Waals surface area contributed by atoms with Crippen LogP contribution in [0.5, 0.6) is 11.5 Å². The molecule has 1 aliphatic rings. The normalized spacial score (nSPS) is 14.7. The Labute approximate surface area is 145 Å². The van der Waals surface area contributed by atoms with E-state index in [1.165, 1.54) is 17.7 Å². The fourth-order valence-electron chi connectivity index (χ4n) is 2.88. The highest BCUT2D eigenvalue weighted by molar-refractivity contribution is 6.03. The molecule has 2 aromatic carbocycles. The second-order valence-corrected chi connectivity index (χ2v) is 5.69. The number of non-ortho nitro benzene ring substituents is 1. The predicted octanol–water partition coefficient (Wildman–Crippen LogP) is 3.76. The van der Waals surface area contributed by atoms with Crippen molar-refractivity contribution in [2.45, 2.75) is 19.3 Å². The standard InChI is InChI=1S/C18H19N3O4/c1-24-17-10-12-4-3-5-16(15(12)11-18(17)25-2)20-19-13-6-8-14(9-7-13)21(22)23/h6-11,19H,3-5H2,1-2H3/b20-16+. The van der Waals surface area contributed by atoms with Gasteiger partial charge in [0.05, 0.1) is 30.5 Å². The molecule has 2 aromatic rings. The van der Waals surface area contributed by atoms with E-state index in [2.05, 4.69) is 10.5 Å². The van der Waals surface area contributed by atoms with Gasteiger partial charge in [-0.15, -0.1) is 0 Å². The minimum absolute atomic E-state index is 0.0537. The molecule has 0 saturated carbocycles. The molecule has 0 unspecified atom stereocenters. The smallest absolute Gasteiger partial charge is 0.269 e. The van der Waals surface area contributed by atoms with Crippen LogP contribution in [0.4, 0.5) is 11.4 Å². The Balaban J connectivity index is 1.86. The number of hydrogen-bond acceptors (Lipinski definition) is 6. The molecule has 3 rings (SSSR count). The van der Waals surface area contributed by atoms with E-state index in [0.29, 0.717) is 17.2 Å². The first kappa shape index (κ1) is 16.8. The molecular formula is C18H19N3O4. The molecule has 0 aliphatic heterocycles. The number of fused-ring (bicyclic) bond motifs is 1. The second-order valence-electron chi connectivity index (χ2n) is 5.69. The molecule has 7 nitrogen and oxygen atoms in total. The Kier molecular flexibility index (Phi) is 4.83. The van der Waals surface area contributed by atoms with Crippen LogP contribution in [0, 0.1) is 10.1 Å². The number of hydrazone groups is 1. The summed E-state index contributed by atoms with van der Waals surface area (Å²) in [7, 11) is 3.23. The minimum atomic E-state index is -0.424. The Morgan fingerprint density at radius 2 is 1.76 bits per heavy atom. The monoisotopic (exact) mass is 341 g/mol. The van der Waals surface area contributed by atoms with E-state index >= 15 is 0 Å². The number of nitrogens with one attached hydrogen (secondary N) is 1. The second kappa shape index (κ2) is 7.21. The number of benzene rings is 2. The van der Waals surface area contributed by atoms with E-state index < -0.39 is 4.92 Å². The van der Waals surface area contributed by atoms with Gasteiger partial charge in [-0.3, -0.25) is 15.5 Å². The summed E-state index contributed by atoms with van der Waals surface area (Å²) < 4.78 is 10.7. The lowest BCUT2D eigenvalue weighted by molar-refractivity contribution is -0.384. The molecule has 0 aromatic heterocycles. The zero-order chi connectivity index (χ0) is 17.8. The molecule has 0 fully saturated rings. The lowest BCUT2D eigenvalue weighted by Crippen LogP contribution is -2.14. The molecule has 0 heterocycles. The van der Waals surface area contributed by atoms with Crippen molar-refractivity contribution in [3.8, 4) is 11.5 Å². The van der Waals surface area contributed by atoms with Gasteiger partial charge >= 0.3 is 0 Å². The predicted molar refractivity (Wildman–Crippen MR) is 95.7 cm³/mol. The summed E-state index contributed by atoms with van der Waals surface area (Å²) in [5.74, 6) is 1.39. The largest absolute Gasteiger partial charge is 0.493 e. The summed E-state index contributed by atoms with van der Waals surface area (Å²) in [5, 5.41) is 15.2. The van der Waals surface area contributed by atoms with E-state index in [1.54, 1.807) is 26.4 Å². The highest BCUT2D eigenvalue weighted by Gasteiger charge is 2.19. The summed E-state index contributed by atoms with van der Waals surface area (Å²) in [6, 6.07) is 10.1. The quantitative estimate of drug-likeness (QED) is 0.661. The van der Waals surface area contributed by atoms with Crippen molar-refractivity contribution in [3.05, 3.63) is 57.6 Å². The SMILES string of the molecule is COc1cc2c(cc1OC)/C(=N/Nc1ccc([N+](=O)[O-])cc1)CCC2. The number of methoxy groups -OCH3 is 2. The fraction of sp³-hybridized carbons (Fsp3) is 0.278. The molecule has 0 atom stereocenters. The maximum atomic E-state index is 10.7. The van der Waals surface area contributed by atoms with Gasteiger partial charge in [-0.25, -0.2) is 0 Å². The first-order valence-electron chi connectivity index (χ1n) is 7.94. The van der Waals surface area contributed by atoms with Crippen LogP contribution in [-0.4, -0.2) is 24.9 Å². The Morgan fingerprint density at radius 1 is 1.08 bits per heavy atom. The summed E-state index contributed by atoms with van der Waals surface area (Å²) in [4.78, 5) is 10.3. The van der Waals surface area contributed by atoms with Crippen LogP contribution < -0.4 is 14.9 Å². The average Bonchev–Trinajstić information content (AvgIpc) is 2.65. The lowest BCUT2D eigenvalue weighted by Gasteiger charge is -2.20. The van der Waals surface area contributed by atoms with Gasteiger partial charge in [0, 0.05) is 17.7 Å². The van der Waals surface area contributed by atoms with Gasteiger partial charge in [0.2, 0.25) is 0 Å². The third-order valence-corrected chi connectivity index (χ3v) is 4.18. The number of nitro groups is 1. The van der Waals surface area contributed by atoms with Gasteiger partial charge in [-0.05, 0) is 49.1 Å². The van der Waals surface area contributed by atoms with Gasteiger partial charge in [0.15, 0.2) is 11.5 Å². The average molecular weight is 341 g/mol. The van der Waals surface area contributed by atoms with Crippen LogP contribution >= 0.6 is 0 Å². The fourth-order valence-corrected chi connectivity index (χ4v) is 2.88. The lowest BCUT2D eigenvalue weighted by atomic mass is 9.89. The molecule has 1 aliphatic carbocycles. The van der Waals surface area contributed by atoms with Crippen molar-refractivity contribution in [1.29, 1.82) is 0 Å². The van der Waals surface area contributed by atoms with Gasteiger partial charge in [-0.1, -0.05) is 0 Å². The maximum absolute atomic E-state index is 10.7. The van der Waals surface area contributed by atoms with Crippen LogP contribution in [-0.2, 0) is 6.42 Å². The van der Waals surface area contributed by atoms with Crippen molar-refractivity contribution in [2.24, 2.45) is 5.10 Å². The third-order valence-electron chi connectivity index (χ3n) is 4.18. The topological polar surface area (TPSA) is 86.0 Å². The van der Waals surface area contributed by atoms with Gasteiger partial charge < -0.3 is 9.47 Å². The number of ether oxygens (including phenoxy) is 2. The van der Waals surface area contributed by atoms with Crippen molar-refractivity contribution in [3.63, 3.8) is 0 Å². The van der Waals surface area contributed by atoms with Crippen LogP contribution in [0.25, 0.3) is 0 Å². The van der Waals surface area contributed by atoms with Crippen LogP contribution in [0.15, 0.2) is 41.5 Å². The van der Waals surface area contributed by atoms with Crippen LogP contribution in [0.3, 0.4) is 0 Å². The summed E-state index contributed by atoms with van der Waals surface area (Å²) in [6.07, 6.45) is 2.82. The Morgan fingerprint density at radius 3 is 2.40 bits per heavy atom. The van der Waals surface area contributed by atoms with Crippen molar-refractivity contribution < 1.29 is 14.4 Å². The molecule has 0 radical (unpaired) electrons. The molecule has 0 bridgehead atoms. The number of aryl methyl sites for hydroxylation is 1. The van der Waals surface area contributed by atoms with Gasteiger partial charge in [0.1, 0.15) is 0 Å². The van der Waals surface area contributed by atoms with E-state index in [1.807, 2.05) is 12.1 Å². The maximum Gasteiger partial charge on any atom is 0.269 e. The van der Waals surface area contributed by atoms with E-state index in [9.17, 15) is 10.1 Å². The van der Waals surface area contributed by atoms with E-state index in [-0.39, 0.29) is 5.69 Å². The van der Waals surface area contributed by atoms with Crippen molar-refractivity contribution in [1.82, 2.24) is 0 Å². The van der Waals surface area contributed by atoms with Gasteiger partial charge in [0.25, 0.3) is 5.69 Å². The van der Waals surface area contributed by atoms with Crippen LogP contribution in [0.1, 0.15) is 24.0 Å². The number of nitro benzene ring substituents is 1. The number of nitrogens with zero attached hydrogens (tertiary/aromatic N) is 2. The zero-order valence-corrected chi connectivity index (χ0v) is 14.1. The molecular weight excluding hydrogens is 322 g/mol. The number of anilines is 1. The molecule has 7 heteroatoms. The molecule has 0 spiro atoms. The van der Waals surface area contributed by atoms with Crippen molar-refractivity contribution in [2.75, 3.05) is 19.6 Å². The molecule has 25 heavy (non-hydrogen) atoms. The van der Waals surface area contributed by atoms with E-state index in [0.717, 1.165) is 30.5 Å². The van der Waals surface area contributed by atoms with Crippen LogP contribution in [0.2, 0.25) is 0 Å². The van der Waals surface area contributed by atoms with E-state index in [4.69, 9.17) is 9.47 Å². The summed E-state index contributed by atoms with van der Waals surface area (Å²) in [5.41, 5.74) is 6.88. The molecule has 130 valence electrons. The zero-order valence-electron chi connectivity index (χ0n) is 14.1. The first-order chi connectivity index (χ1) is 12.1. The summed E-state index contributed by atoms with van der Waals surface area (Å²) >= 11 is 0. The Hall–Kier alpha value is -3.09. The molecule has 0 saturated heterocycles. The molecule has 0 amide bonds. The number of rotatable bonds is 5. The van der Waals surface area contributed by atoms with Crippen molar-refractivity contribution >= 4 is 17.1 Å². The third kappa shape index (κ3) is 3.55. The van der Waals surface area contributed by atoms with Gasteiger partial charge in [-0.2, -0.15) is 5.10 Å². The minimum Gasteiger partial charge on any atom is -0.493 e. The number of hydrogen-bond donors (Lipinski definition) is 1. The highest BCUT2D eigenvalue weighted by Crippen LogP contribution is 2.34. The first-order valence-corrected chi connectivity index (χ1v) is 7.94. The molecule has 1 N–H and O–H groups in total.